The quantitative estimate of drug-likeness (QED) is 0.496. The maximum atomic E-state index is 11.0. The van der Waals surface area contributed by atoms with E-state index in [2.05, 4.69) is 9.98 Å². The topological polar surface area (TPSA) is 65.8 Å². The molecule has 1 aromatic heterocycles. The third-order valence-electron chi connectivity index (χ3n) is 1.81. The number of hydrogen-bond acceptors (Lipinski definition) is 4. The van der Waals surface area contributed by atoms with Crippen molar-refractivity contribution in [2.75, 3.05) is 14.1 Å². The highest BCUT2D eigenvalue weighted by molar-refractivity contribution is 7.13. The van der Waals surface area contributed by atoms with Gasteiger partial charge in [-0.1, -0.05) is 13.0 Å². The normalized spacial score (nSPS) is 12.1. The maximum Gasteiger partial charge on any atom is 0.337 e. The number of nitrogens with zero attached hydrogens (tertiary/aromatic N) is 3. The van der Waals surface area contributed by atoms with Crippen molar-refractivity contribution in [3.05, 3.63) is 17.2 Å². The van der Waals surface area contributed by atoms with E-state index in [-0.39, 0.29) is 5.57 Å². The molecule has 1 heterocycles. The van der Waals surface area contributed by atoms with E-state index in [1.807, 2.05) is 21.0 Å². The van der Waals surface area contributed by atoms with Gasteiger partial charge in [-0.15, -0.1) is 11.3 Å². The maximum absolute atomic E-state index is 11.0. The molecular formula is C11H15N3O2S. The van der Waals surface area contributed by atoms with Crippen LogP contribution in [0, 0.1) is 0 Å². The lowest BCUT2D eigenvalue weighted by atomic mass is 10.2. The van der Waals surface area contributed by atoms with E-state index in [1.54, 1.807) is 22.7 Å². The number of allylic oxidation sites excluding steroid dienone is 1. The number of aromatic nitrogens is 1. The monoisotopic (exact) mass is 253 g/mol. The van der Waals surface area contributed by atoms with Crippen LogP contribution in [0.2, 0.25) is 0 Å². The number of hydrogen-bond donors (Lipinski definition) is 1. The smallest absolute Gasteiger partial charge is 0.337 e. The molecular weight excluding hydrogens is 238 g/mol. The van der Waals surface area contributed by atoms with Crippen molar-refractivity contribution < 1.29 is 9.90 Å². The van der Waals surface area contributed by atoms with Gasteiger partial charge in [-0.3, -0.25) is 0 Å². The molecule has 0 unspecified atom stereocenters. The first kappa shape index (κ1) is 13.4. The van der Waals surface area contributed by atoms with Crippen LogP contribution < -0.4 is 0 Å². The van der Waals surface area contributed by atoms with Gasteiger partial charge in [0.25, 0.3) is 0 Å². The van der Waals surface area contributed by atoms with Crippen molar-refractivity contribution in [1.29, 1.82) is 0 Å². The highest BCUT2D eigenvalue weighted by Crippen LogP contribution is 2.24. The summed E-state index contributed by atoms with van der Waals surface area (Å²) in [5.74, 6) is -0.958. The third-order valence-corrected chi connectivity index (χ3v) is 2.55. The van der Waals surface area contributed by atoms with Crippen LogP contribution in [0.3, 0.4) is 0 Å². The summed E-state index contributed by atoms with van der Waals surface area (Å²) in [6.45, 7) is 1.89. The van der Waals surface area contributed by atoms with Gasteiger partial charge < -0.3 is 10.0 Å². The van der Waals surface area contributed by atoms with Gasteiger partial charge in [-0.05, 0) is 6.42 Å². The summed E-state index contributed by atoms with van der Waals surface area (Å²) in [6.07, 6.45) is 3.94. The van der Waals surface area contributed by atoms with Crippen LogP contribution in [0.5, 0.6) is 0 Å². The highest BCUT2D eigenvalue weighted by atomic mass is 32.1. The zero-order valence-corrected chi connectivity index (χ0v) is 10.9. The minimum atomic E-state index is -0.958. The SMILES string of the molecule is CC/C=C(\C(=O)O)c1csc(/N=C/N(C)C)n1. The third kappa shape index (κ3) is 3.99. The Kier molecular flexibility index (Phi) is 4.84. The molecule has 0 radical (unpaired) electrons. The van der Waals surface area contributed by atoms with Gasteiger partial charge in [-0.2, -0.15) is 0 Å². The van der Waals surface area contributed by atoms with E-state index >= 15 is 0 Å². The first-order chi connectivity index (χ1) is 8.04. The van der Waals surface area contributed by atoms with E-state index < -0.39 is 5.97 Å². The lowest BCUT2D eigenvalue weighted by Gasteiger charge is -2.00. The molecule has 0 aliphatic rings. The number of carboxylic acid groups (broad SMARTS) is 1. The number of rotatable bonds is 5. The Morgan fingerprint density at radius 2 is 2.35 bits per heavy atom. The first-order valence-corrected chi connectivity index (χ1v) is 6.02. The van der Waals surface area contributed by atoms with Crippen LogP contribution in [-0.4, -0.2) is 41.4 Å². The van der Waals surface area contributed by atoms with Gasteiger partial charge >= 0.3 is 5.97 Å². The Morgan fingerprint density at radius 3 is 2.88 bits per heavy atom. The fourth-order valence-electron chi connectivity index (χ4n) is 1.12. The molecule has 1 aromatic rings. The van der Waals surface area contributed by atoms with Crippen LogP contribution in [0.25, 0.3) is 5.57 Å². The van der Waals surface area contributed by atoms with Gasteiger partial charge in [-0.25, -0.2) is 14.8 Å². The zero-order valence-electron chi connectivity index (χ0n) is 10.0. The highest BCUT2D eigenvalue weighted by Gasteiger charge is 2.13. The lowest BCUT2D eigenvalue weighted by molar-refractivity contribution is -0.130. The first-order valence-electron chi connectivity index (χ1n) is 5.14. The molecule has 0 bridgehead atoms. The number of aliphatic imine (C=N–C) groups is 1. The minimum Gasteiger partial charge on any atom is -0.478 e. The van der Waals surface area contributed by atoms with Crippen LogP contribution in [0.1, 0.15) is 19.0 Å². The Hall–Kier alpha value is -1.69. The molecule has 6 heteroatoms. The second kappa shape index (κ2) is 6.15. The number of carbonyl (C=O) groups is 1. The van der Waals surface area contributed by atoms with Crippen molar-refractivity contribution in [1.82, 2.24) is 9.88 Å². The molecule has 1 N–H and O–H groups in total. The van der Waals surface area contributed by atoms with E-state index in [1.165, 1.54) is 11.3 Å². The molecule has 17 heavy (non-hydrogen) atoms. The van der Waals surface area contributed by atoms with Gasteiger partial charge in [0.05, 0.1) is 17.6 Å². The molecule has 1 rings (SSSR count). The van der Waals surface area contributed by atoms with Gasteiger partial charge in [0.2, 0.25) is 5.13 Å². The molecule has 0 saturated carbocycles. The predicted octanol–water partition coefficient (Wildman–Crippen LogP) is 2.24. The minimum absolute atomic E-state index is 0.232. The Labute approximate surface area is 104 Å². The average Bonchev–Trinajstić information content (AvgIpc) is 2.71. The van der Waals surface area contributed by atoms with E-state index in [9.17, 15) is 4.79 Å². The van der Waals surface area contributed by atoms with Crippen LogP contribution in [0.15, 0.2) is 16.4 Å². The summed E-state index contributed by atoms with van der Waals surface area (Å²) < 4.78 is 0. The van der Waals surface area contributed by atoms with Crippen LogP contribution in [-0.2, 0) is 4.79 Å². The van der Waals surface area contributed by atoms with Crippen LogP contribution >= 0.6 is 11.3 Å². The average molecular weight is 253 g/mol. The Balaban J connectivity index is 2.93. The summed E-state index contributed by atoms with van der Waals surface area (Å²) in [5, 5.41) is 11.3. The lowest BCUT2D eigenvalue weighted by Crippen LogP contribution is -2.06. The fourth-order valence-corrected chi connectivity index (χ4v) is 1.77. The molecule has 0 amide bonds. The molecule has 0 aliphatic carbocycles. The van der Waals surface area contributed by atoms with Crippen molar-refractivity contribution in [3.63, 3.8) is 0 Å². The summed E-state index contributed by atoms with van der Waals surface area (Å²) in [7, 11) is 3.72. The van der Waals surface area contributed by atoms with Crippen molar-refractivity contribution in [2.45, 2.75) is 13.3 Å². The number of carboxylic acids is 1. The molecule has 0 fully saturated rings. The number of aliphatic carboxylic acids is 1. The van der Waals surface area contributed by atoms with Crippen molar-refractivity contribution in [2.24, 2.45) is 4.99 Å². The second-order valence-corrected chi connectivity index (χ2v) is 4.39. The molecule has 0 spiro atoms. The van der Waals surface area contributed by atoms with E-state index in [0.717, 1.165) is 0 Å². The molecule has 5 nitrogen and oxygen atoms in total. The molecule has 92 valence electrons. The Morgan fingerprint density at radius 1 is 1.65 bits per heavy atom. The zero-order chi connectivity index (χ0) is 12.8. The van der Waals surface area contributed by atoms with Crippen LogP contribution in [0.4, 0.5) is 5.13 Å². The standard InChI is InChI=1S/C11H15N3O2S/c1-4-5-8(10(15)16)9-6-17-11(13-9)12-7-14(2)3/h5-7H,4H2,1-3H3,(H,15,16)/b8-5-,12-7+. The van der Waals surface area contributed by atoms with Gasteiger partial charge in [0, 0.05) is 19.5 Å². The van der Waals surface area contributed by atoms with Crippen molar-refractivity contribution >= 4 is 34.3 Å². The summed E-state index contributed by atoms with van der Waals surface area (Å²) in [5.41, 5.74) is 0.699. The summed E-state index contributed by atoms with van der Waals surface area (Å²) >= 11 is 1.32. The van der Waals surface area contributed by atoms with Gasteiger partial charge in [0.1, 0.15) is 0 Å². The summed E-state index contributed by atoms with van der Waals surface area (Å²) in [4.78, 5) is 21.1. The van der Waals surface area contributed by atoms with Crippen molar-refractivity contribution in [3.8, 4) is 0 Å². The fraction of sp³-hybridized carbons (Fsp3) is 0.364. The molecule has 0 aromatic carbocycles. The summed E-state index contributed by atoms with van der Waals surface area (Å²) in [6, 6.07) is 0. The Bertz CT molecular complexity index is 449. The van der Waals surface area contributed by atoms with E-state index in [4.69, 9.17) is 5.11 Å². The molecule has 0 aliphatic heterocycles. The molecule has 0 atom stereocenters. The number of thiazole rings is 1. The second-order valence-electron chi connectivity index (χ2n) is 3.55. The predicted molar refractivity (Wildman–Crippen MR) is 69.9 cm³/mol. The molecule has 0 saturated heterocycles. The van der Waals surface area contributed by atoms with E-state index in [0.29, 0.717) is 17.2 Å². The van der Waals surface area contributed by atoms with Gasteiger partial charge in [0.15, 0.2) is 0 Å². The largest absolute Gasteiger partial charge is 0.478 e.